The zero-order chi connectivity index (χ0) is 24.9. The van der Waals surface area contributed by atoms with Crippen LogP contribution in [-0.2, 0) is 22.7 Å². The molecule has 0 atom stereocenters. The summed E-state index contributed by atoms with van der Waals surface area (Å²) in [6, 6.07) is 13.8. The van der Waals surface area contributed by atoms with Gasteiger partial charge in [-0.2, -0.15) is 0 Å². The van der Waals surface area contributed by atoms with Crippen LogP contribution in [0.3, 0.4) is 0 Å². The number of amides is 2. The number of halogens is 1. The Morgan fingerprint density at radius 2 is 1.69 bits per heavy atom. The lowest BCUT2D eigenvalue weighted by Crippen LogP contribution is -2.48. The highest BCUT2D eigenvalue weighted by Crippen LogP contribution is 2.26. The Morgan fingerprint density at radius 1 is 1.06 bits per heavy atom. The number of hydrazine groups is 1. The van der Waals surface area contributed by atoms with E-state index < -0.39 is 0 Å². The molecule has 1 aliphatic heterocycles. The first-order chi connectivity index (χ1) is 16.0. The predicted molar refractivity (Wildman–Crippen MR) is 145 cm³/mol. The number of fused-ring (bicyclic) bond motifs is 1. The first-order valence-corrected chi connectivity index (χ1v) is 12.3. The van der Waals surface area contributed by atoms with Gasteiger partial charge in [0, 0.05) is 37.4 Å². The molecule has 0 spiro atoms. The van der Waals surface area contributed by atoms with Crippen molar-refractivity contribution in [1.82, 2.24) is 15.3 Å². The van der Waals surface area contributed by atoms with Crippen molar-refractivity contribution in [1.29, 1.82) is 0 Å². The summed E-state index contributed by atoms with van der Waals surface area (Å²) in [5, 5.41) is 7.29. The Balaban J connectivity index is 0.00000432. The average Bonchev–Trinajstić information content (AvgIpc) is 3.21. The summed E-state index contributed by atoms with van der Waals surface area (Å²) >= 11 is 6.27. The van der Waals surface area contributed by atoms with E-state index in [-0.39, 0.29) is 37.7 Å². The van der Waals surface area contributed by atoms with Crippen LogP contribution in [0.1, 0.15) is 57.7 Å². The largest absolute Gasteiger partial charge is 0.355 e. The molecule has 0 bridgehead atoms. The van der Waals surface area contributed by atoms with E-state index in [1.807, 2.05) is 47.2 Å². The van der Waals surface area contributed by atoms with Gasteiger partial charge in [0.1, 0.15) is 0 Å². The van der Waals surface area contributed by atoms with Crippen LogP contribution in [0.4, 0.5) is 5.69 Å². The van der Waals surface area contributed by atoms with E-state index >= 15 is 0 Å². The van der Waals surface area contributed by atoms with Crippen LogP contribution in [0.5, 0.6) is 0 Å². The number of hydrogen-bond donors (Lipinski definition) is 1. The summed E-state index contributed by atoms with van der Waals surface area (Å²) in [6.45, 7) is 10.7. The number of hydrogen-bond acceptors (Lipinski definition) is 4. The van der Waals surface area contributed by atoms with Gasteiger partial charge in [0.15, 0.2) is 0 Å². The zero-order valence-electron chi connectivity index (χ0n) is 21.0. The highest BCUT2D eigenvalue weighted by molar-refractivity contribution is 6.30. The molecule has 7 heteroatoms. The molecule has 0 fully saturated rings. The molecule has 1 N–H and O–H groups in total. The minimum Gasteiger partial charge on any atom is -0.355 e. The van der Waals surface area contributed by atoms with Crippen LogP contribution in [0.15, 0.2) is 42.5 Å². The summed E-state index contributed by atoms with van der Waals surface area (Å²) in [5.74, 6) is -0.176. The Labute approximate surface area is 216 Å². The normalized spacial score (nSPS) is 13.1. The maximum Gasteiger partial charge on any atom is 0.256 e. The monoisotopic (exact) mass is 500 g/mol. The smallest absolute Gasteiger partial charge is 0.256 e. The van der Waals surface area contributed by atoms with Crippen LogP contribution >= 0.6 is 11.6 Å². The SMILES string of the molecule is C.Cc1ccc(Cl)cc1N(CC(=O)NCCCC(C)(C)C)CC(=O)N(C)N1Cc2ccccc2C1. The van der Waals surface area contributed by atoms with Gasteiger partial charge in [-0.25, -0.2) is 5.01 Å². The summed E-state index contributed by atoms with van der Waals surface area (Å²) in [6.07, 6.45) is 1.95. The van der Waals surface area contributed by atoms with Gasteiger partial charge in [-0.1, -0.05) is 70.1 Å². The second-order valence-electron chi connectivity index (χ2n) is 10.3. The fourth-order valence-electron chi connectivity index (χ4n) is 4.18. The molecule has 6 nitrogen and oxygen atoms in total. The molecule has 192 valence electrons. The maximum atomic E-state index is 13.3. The van der Waals surface area contributed by atoms with Gasteiger partial charge in [-0.15, -0.1) is 0 Å². The quantitative estimate of drug-likeness (QED) is 0.467. The van der Waals surface area contributed by atoms with Crippen molar-refractivity contribution in [2.75, 3.05) is 31.6 Å². The first-order valence-electron chi connectivity index (χ1n) is 11.9. The zero-order valence-corrected chi connectivity index (χ0v) is 21.8. The highest BCUT2D eigenvalue weighted by atomic mass is 35.5. The molecule has 2 aromatic carbocycles. The fraction of sp³-hybridized carbons (Fsp3) is 0.500. The lowest BCUT2D eigenvalue weighted by molar-refractivity contribution is -0.145. The number of nitrogens with zero attached hydrogens (tertiary/aromatic N) is 3. The van der Waals surface area contributed by atoms with Crippen LogP contribution in [0, 0.1) is 12.3 Å². The number of carbonyl (C=O) groups is 2. The molecule has 0 aliphatic carbocycles. The van der Waals surface area contributed by atoms with E-state index in [0.717, 1.165) is 24.1 Å². The molecule has 2 aromatic rings. The van der Waals surface area contributed by atoms with Gasteiger partial charge in [-0.3, -0.25) is 14.6 Å². The van der Waals surface area contributed by atoms with Gasteiger partial charge in [-0.05, 0) is 54.0 Å². The second-order valence-corrected chi connectivity index (χ2v) is 10.7. The number of aryl methyl sites for hydroxylation is 1. The van der Waals surface area contributed by atoms with E-state index in [0.29, 0.717) is 24.7 Å². The number of carbonyl (C=O) groups excluding carboxylic acids is 2. The topological polar surface area (TPSA) is 55.9 Å². The molecule has 2 amide bonds. The Hall–Kier alpha value is -2.57. The second kappa shape index (κ2) is 12.4. The van der Waals surface area contributed by atoms with Gasteiger partial charge in [0.25, 0.3) is 5.91 Å². The van der Waals surface area contributed by atoms with Crippen molar-refractivity contribution in [3.05, 3.63) is 64.2 Å². The number of nitrogens with one attached hydrogen (secondary N) is 1. The van der Waals surface area contributed by atoms with Gasteiger partial charge >= 0.3 is 0 Å². The third kappa shape index (κ3) is 8.25. The molecule has 0 unspecified atom stereocenters. The van der Waals surface area contributed by atoms with Crippen molar-refractivity contribution in [3.63, 3.8) is 0 Å². The van der Waals surface area contributed by atoms with E-state index in [4.69, 9.17) is 11.6 Å². The van der Waals surface area contributed by atoms with Crippen molar-refractivity contribution >= 4 is 29.1 Å². The summed E-state index contributed by atoms with van der Waals surface area (Å²) in [7, 11) is 1.80. The number of benzene rings is 2. The van der Waals surface area contributed by atoms with Crippen LogP contribution in [0.25, 0.3) is 0 Å². The van der Waals surface area contributed by atoms with Crippen molar-refractivity contribution in [3.8, 4) is 0 Å². The van der Waals surface area contributed by atoms with E-state index in [1.54, 1.807) is 12.1 Å². The minimum atomic E-state index is -0.0997. The Bertz CT molecular complexity index is 993. The lowest BCUT2D eigenvalue weighted by Gasteiger charge is -2.32. The van der Waals surface area contributed by atoms with Crippen LogP contribution in [-0.4, -0.2) is 48.5 Å². The minimum absolute atomic E-state index is 0. The summed E-state index contributed by atoms with van der Waals surface area (Å²) < 4.78 is 0. The van der Waals surface area contributed by atoms with E-state index in [9.17, 15) is 9.59 Å². The summed E-state index contributed by atoms with van der Waals surface area (Å²) in [5.41, 5.74) is 4.47. The Morgan fingerprint density at radius 3 is 2.29 bits per heavy atom. The maximum absolute atomic E-state index is 13.3. The Kier molecular flexibility index (Phi) is 10.2. The van der Waals surface area contributed by atoms with E-state index in [1.165, 1.54) is 11.1 Å². The van der Waals surface area contributed by atoms with E-state index in [2.05, 4.69) is 38.2 Å². The molecule has 3 rings (SSSR count). The lowest BCUT2D eigenvalue weighted by atomic mass is 9.91. The van der Waals surface area contributed by atoms with Crippen LogP contribution in [0.2, 0.25) is 5.02 Å². The molecule has 0 saturated carbocycles. The van der Waals surface area contributed by atoms with Crippen LogP contribution < -0.4 is 10.2 Å². The molecule has 0 saturated heterocycles. The van der Waals surface area contributed by atoms with Gasteiger partial charge in [0.2, 0.25) is 5.91 Å². The van der Waals surface area contributed by atoms with Crippen molar-refractivity contribution in [2.45, 2.75) is 61.1 Å². The average molecular weight is 501 g/mol. The molecule has 0 radical (unpaired) electrons. The van der Waals surface area contributed by atoms with Gasteiger partial charge < -0.3 is 10.2 Å². The number of likely N-dealkylation sites (N-methyl/N-ethyl adjacent to an activating group) is 1. The highest BCUT2D eigenvalue weighted by Gasteiger charge is 2.27. The molecule has 1 heterocycles. The molecular weight excluding hydrogens is 460 g/mol. The standard InChI is InChI=1S/C27H37ClN4O2.CH4/c1-20-11-12-23(28)15-24(20)31(18-25(33)29-14-8-13-27(2,3)4)19-26(34)30(5)32-16-21-9-6-7-10-22(21)17-32;/h6-7,9-12,15H,8,13-14,16-19H2,1-5H3,(H,29,33);1H4. The predicted octanol–water partition coefficient (Wildman–Crippen LogP) is 5.42. The molecule has 0 aromatic heterocycles. The first kappa shape index (κ1) is 28.7. The summed E-state index contributed by atoms with van der Waals surface area (Å²) in [4.78, 5) is 27.9. The third-order valence-electron chi connectivity index (χ3n) is 6.21. The number of rotatable bonds is 9. The molecule has 1 aliphatic rings. The molecular formula is C28H41ClN4O2. The van der Waals surface area contributed by atoms with Crippen molar-refractivity contribution in [2.24, 2.45) is 5.41 Å². The fourth-order valence-corrected chi connectivity index (χ4v) is 4.34. The van der Waals surface area contributed by atoms with Crippen molar-refractivity contribution < 1.29 is 9.59 Å². The third-order valence-corrected chi connectivity index (χ3v) is 6.44. The molecule has 35 heavy (non-hydrogen) atoms. The number of anilines is 1. The van der Waals surface area contributed by atoms with Gasteiger partial charge in [0.05, 0.1) is 13.1 Å².